The van der Waals surface area contributed by atoms with Crippen LogP contribution in [0.15, 0.2) is 82.2 Å². The van der Waals surface area contributed by atoms with Gasteiger partial charge in [0.15, 0.2) is 0 Å². The zero-order valence-electron chi connectivity index (χ0n) is 23.3. The van der Waals surface area contributed by atoms with E-state index in [1.54, 1.807) is 38.1 Å². The lowest BCUT2D eigenvalue weighted by molar-refractivity contribution is -0.139. The summed E-state index contributed by atoms with van der Waals surface area (Å²) in [6, 6.07) is 18.9. The van der Waals surface area contributed by atoms with Gasteiger partial charge in [-0.1, -0.05) is 65.1 Å². The minimum absolute atomic E-state index is 0.0371. The van der Waals surface area contributed by atoms with Crippen LogP contribution in [0.5, 0.6) is 5.75 Å². The predicted octanol–water partition coefficient (Wildman–Crippen LogP) is 6.03. The van der Waals surface area contributed by atoms with E-state index >= 15 is 0 Å². The largest absolute Gasteiger partial charge is 0.492 e. The number of nitrogens with zero attached hydrogens (tertiary/aromatic N) is 2. The van der Waals surface area contributed by atoms with E-state index in [2.05, 4.69) is 21.2 Å². The molecule has 0 aromatic heterocycles. The van der Waals surface area contributed by atoms with Crippen molar-refractivity contribution in [1.29, 1.82) is 0 Å². The maximum Gasteiger partial charge on any atom is 0.264 e. The molecule has 220 valence electrons. The number of para-hydroxylation sites is 2. The fourth-order valence-corrected chi connectivity index (χ4v) is 6.14. The number of hydrogen-bond donors (Lipinski definition) is 1. The number of carbonyl (C=O) groups is 2. The lowest BCUT2D eigenvalue weighted by Crippen LogP contribution is -2.51. The number of carbonyl (C=O) groups excluding carboxylic acids is 2. The standard InChI is InChI=1S/C30H35BrClN3O5S/c1-4-6-18-33-30(37)22(3)34(20-23-10-9-11-24(31)19-23)29(36)21-35(27-12-7-8-13-28(27)40-5-2)41(38,39)26-16-14-25(32)15-17-26/h7-17,19,22H,4-6,18,20-21H2,1-3H3,(H,33,37)/t22-/m1/s1. The van der Waals surface area contributed by atoms with Gasteiger partial charge < -0.3 is 15.0 Å². The molecule has 41 heavy (non-hydrogen) atoms. The molecular weight excluding hydrogens is 630 g/mol. The number of anilines is 1. The highest BCUT2D eigenvalue weighted by Gasteiger charge is 2.33. The lowest BCUT2D eigenvalue weighted by atomic mass is 10.1. The topological polar surface area (TPSA) is 96.0 Å². The first-order valence-electron chi connectivity index (χ1n) is 13.4. The summed E-state index contributed by atoms with van der Waals surface area (Å²) in [5.41, 5.74) is 0.989. The van der Waals surface area contributed by atoms with E-state index in [0.29, 0.717) is 23.9 Å². The van der Waals surface area contributed by atoms with Gasteiger partial charge in [0.25, 0.3) is 10.0 Å². The van der Waals surface area contributed by atoms with E-state index in [1.807, 2.05) is 31.2 Å². The van der Waals surface area contributed by atoms with Crippen molar-refractivity contribution in [3.63, 3.8) is 0 Å². The molecule has 0 heterocycles. The summed E-state index contributed by atoms with van der Waals surface area (Å²) in [5, 5.41) is 3.26. The molecule has 3 aromatic carbocycles. The van der Waals surface area contributed by atoms with Gasteiger partial charge in [0.2, 0.25) is 11.8 Å². The van der Waals surface area contributed by atoms with Gasteiger partial charge >= 0.3 is 0 Å². The van der Waals surface area contributed by atoms with E-state index < -0.39 is 28.5 Å². The van der Waals surface area contributed by atoms with Crippen molar-refractivity contribution < 1.29 is 22.7 Å². The van der Waals surface area contributed by atoms with Crippen LogP contribution in [0.4, 0.5) is 5.69 Å². The van der Waals surface area contributed by atoms with E-state index in [4.69, 9.17) is 16.3 Å². The molecule has 0 unspecified atom stereocenters. The molecular formula is C30H35BrClN3O5S. The molecule has 0 aliphatic heterocycles. The van der Waals surface area contributed by atoms with Crippen molar-refractivity contribution >= 4 is 55.1 Å². The Bertz CT molecular complexity index is 1440. The van der Waals surface area contributed by atoms with Crippen LogP contribution in [0.3, 0.4) is 0 Å². The maximum absolute atomic E-state index is 14.1. The number of ether oxygens (including phenoxy) is 1. The first kappa shape index (κ1) is 32.4. The second-order valence-electron chi connectivity index (χ2n) is 9.34. The molecule has 3 aromatic rings. The van der Waals surface area contributed by atoms with Crippen LogP contribution < -0.4 is 14.4 Å². The van der Waals surface area contributed by atoms with E-state index in [1.165, 1.54) is 29.2 Å². The maximum atomic E-state index is 14.1. The normalized spacial score (nSPS) is 11.9. The average Bonchev–Trinajstić information content (AvgIpc) is 2.95. The molecule has 0 aliphatic rings. The molecule has 0 saturated heterocycles. The molecule has 0 aliphatic carbocycles. The zero-order chi connectivity index (χ0) is 30.0. The van der Waals surface area contributed by atoms with Gasteiger partial charge in [-0.2, -0.15) is 0 Å². The number of benzene rings is 3. The van der Waals surface area contributed by atoms with Crippen LogP contribution in [0.2, 0.25) is 5.02 Å². The first-order valence-corrected chi connectivity index (χ1v) is 16.0. The molecule has 3 rings (SSSR count). The van der Waals surface area contributed by atoms with Gasteiger partial charge in [0, 0.05) is 22.6 Å². The van der Waals surface area contributed by atoms with Crippen molar-refractivity contribution in [1.82, 2.24) is 10.2 Å². The highest BCUT2D eigenvalue weighted by molar-refractivity contribution is 9.10. The fraction of sp³-hybridized carbons (Fsp3) is 0.333. The third-order valence-electron chi connectivity index (χ3n) is 6.35. The van der Waals surface area contributed by atoms with Gasteiger partial charge in [-0.15, -0.1) is 0 Å². The van der Waals surface area contributed by atoms with Gasteiger partial charge in [0.1, 0.15) is 18.3 Å². The highest BCUT2D eigenvalue weighted by Crippen LogP contribution is 2.33. The molecule has 11 heteroatoms. The molecule has 0 spiro atoms. The molecule has 8 nitrogen and oxygen atoms in total. The zero-order valence-corrected chi connectivity index (χ0v) is 26.5. The van der Waals surface area contributed by atoms with Crippen molar-refractivity contribution in [2.75, 3.05) is 24.0 Å². The summed E-state index contributed by atoms with van der Waals surface area (Å²) >= 11 is 9.47. The quantitative estimate of drug-likeness (QED) is 0.213. The van der Waals surface area contributed by atoms with Gasteiger partial charge in [0.05, 0.1) is 17.2 Å². The Morgan fingerprint density at radius 2 is 1.73 bits per heavy atom. The summed E-state index contributed by atoms with van der Waals surface area (Å²) < 4.78 is 35.6. The third kappa shape index (κ3) is 8.70. The second-order valence-corrected chi connectivity index (χ2v) is 12.6. The van der Waals surface area contributed by atoms with E-state index in [9.17, 15) is 18.0 Å². The minimum atomic E-state index is -4.24. The van der Waals surface area contributed by atoms with Gasteiger partial charge in [-0.25, -0.2) is 8.42 Å². The van der Waals surface area contributed by atoms with Crippen LogP contribution in [0, 0.1) is 0 Å². The number of hydrogen-bond acceptors (Lipinski definition) is 5. The molecule has 0 saturated carbocycles. The SMILES string of the molecule is CCCCNC(=O)[C@@H](C)N(Cc1cccc(Br)c1)C(=O)CN(c1ccccc1OCC)S(=O)(=O)c1ccc(Cl)cc1. The number of unbranched alkanes of at least 4 members (excludes halogenated alkanes) is 1. The molecule has 0 fully saturated rings. The minimum Gasteiger partial charge on any atom is -0.492 e. The Hall–Kier alpha value is -3.08. The number of nitrogens with one attached hydrogen (secondary N) is 1. The highest BCUT2D eigenvalue weighted by atomic mass is 79.9. The molecule has 2 amide bonds. The van der Waals surface area contributed by atoms with Crippen LogP contribution in [-0.2, 0) is 26.2 Å². The average molecular weight is 665 g/mol. The second kappa shape index (κ2) is 15.2. The Kier molecular flexibility index (Phi) is 12.1. The van der Waals surface area contributed by atoms with E-state index in [0.717, 1.165) is 27.2 Å². The van der Waals surface area contributed by atoms with Crippen LogP contribution in [-0.4, -0.2) is 50.9 Å². The number of amides is 2. The lowest BCUT2D eigenvalue weighted by Gasteiger charge is -2.32. The van der Waals surface area contributed by atoms with Gasteiger partial charge in [-0.3, -0.25) is 13.9 Å². The van der Waals surface area contributed by atoms with Crippen molar-refractivity contribution in [3.05, 3.63) is 87.9 Å². The van der Waals surface area contributed by atoms with Crippen molar-refractivity contribution in [2.24, 2.45) is 0 Å². The monoisotopic (exact) mass is 663 g/mol. The Labute approximate surface area is 255 Å². The van der Waals surface area contributed by atoms with Crippen LogP contribution in [0.1, 0.15) is 39.2 Å². The molecule has 1 atom stereocenters. The number of sulfonamides is 1. The summed E-state index contributed by atoms with van der Waals surface area (Å²) in [6.45, 7) is 5.77. The van der Waals surface area contributed by atoms with Crippen LogP contribution in [0.25, 0.3) is 0 Å². The summed E-state index contributed by atoms with van der Waals surface area (Å²) in [7, 11) is -4.24. The molecule has 0 bridgehead atoms. The van der Waals surface area contributed by atoms with E-state index in [-0.39, 0.29) is 23.0 Å². The Balaban J connectivity index is 2.05. The summed E-state index contributed by atoms with van der Waals surface area (Å²) in [5.74, 6) is -0.556. The summed E-state index contributed by atoms with van der Waals surface area (Å²) in [6.07, 6.45) is 1.71. The number of halogens is 2. The smallest absolute Gasteiger partial charge is 0.264 e. The van der Waals surface area contributed by atoms with Gasteiger partial charge in [-0.05, 0) is 74.4 Å². The van der Waals surface area contributed by atoms with Crippen molar-refractivity contribution in [3.8, 4) is 5.75 Å². The Morgan fingerprint density at radius 1 is 1.02 bits per heavy atom. The van der Waals surface area contributed by atoms with Crippen molar-refractivity contribution in [2.45, 2.75) is 51.1 Å². The molecule has 1 N–H and O–H groups in total. The van der Waals surface area contributed by atoms with Crippen LogP contribution >= 0.6 is 27.5 Å². The Morgan fingerprint density at radius 3 is 2.39 bits per heavy atom. The summed E-state index contributed by atoms with van der Waals surface area (Å²) in [4.78, 5) is 28.5. The fourth-order valence-electron chi connectivity index (χ4n) is 4.14. The number of rotatable bonds is 14. The third-order valence-corrected chi connectivity index (χ3v) is 8.87. The molecule has 0 radical (unpaired) electrons. The first-order chi connectivity index (χ1) is 19.6. The predicted molar refractivity (Wildman–Crippen MR) is 166 cm³/mol.